The molecule has 0 spiro atoms. The van der Waals surface area contributed by atoms with E-state index in [2.05, 4.69) is 32.9 Å². The van der Waals surface area contributed by atoms with Crippen molar-refractivity contribution in [1.82, 2.24) is 35.3 Å². The number of hydrogen-bond donors (Lipinski definition) is 1. The molecule has 18 heavy (non-hydrogen) atoms. The second-order valence-electron chi connectivity index (χ2n) is 4.78. The summed E-state index contributed by atoms with van der Waals surface area (Å²) >= 11 is 0. The first-order chi connectivity index (χ1) is 8.83. The van der Waals surface area contributed by atoms with E-state index in [1.165, 1.54) is 12.8 Å². The van der Waals surface area contributed by atoms with E-state index >= 15 is 0 Å². The average Bonchev–Trinajstić information content (AvgIpc) is 2.90. The molecule has 0 bridgehead atoms. The Balaban J connectivity index is 1.52. The monoisotopic (exact) mass is 247 g/mol. The molecule has 1 aliphatic carbocycles. The van der Waals surface area contributed by atoms with Gasteiger partial charge < -0.3 is 5.32 Å². The van der Waals surface area contributed by atoms with Gasteiger partial charge in [0.15, 0.2) is 5.82 Å². The fourth-order valence-electron chi connectivity index (χ4n) is 1.95. The number of nitrogens with one attached hydrogen (secondary N) is 1. The molecular formula is C11H17N7. The molecule has 7 heteroatoms. The first-order valence-electron chi connectivity index (χ1n) is 6.30. The predicted octanol–water partition coefficient (Wildman–Crippen LogP) is 0.383. The van der Waals surface area contributed by atoms with E-state index in [0.717, 1.165) is 12.4 Å². The highest BCUT2D eigenvalue weighted by Crippen LogP contribution is 2.34. The number of nitrogens with zero attached hydrogens (tertiary/aromatic N) is 6. The molecule has 0 aromatic carbocycles. The average molecular weight is 247 g/mol. The van der Waals surface area contributed by atoms with E-state index < -0.39 is 0 Å². The minimum absolute atomic E-state index is 0.328. The standard InChI is InChI=1S/C11H17N7/c1-9(8-17-6-2-5-13-17)12-7-11-14-15-16-18(11)10-3-4-10/h2,5-6,9-10,12H,3-4,7-8H2,1H3/t9-/m1/s1. The van der Waals surface area contributed by atoms with Gasteiger partial charge in [-0.05, 0) is 36.3 Å². The Morgan fingerprint density at radius 1 is 1.50 bits per heavy atom. The van der Waals surface area contributed by atoms with Crippen molar-refractivity contribution in [2.24, 2.45) is 0 Å². The third-order valence-corrected chi connectivity index (χ3v) is 3.08. The zero-order valence-electron chi connectivity index (χ0n) is 10.4. The van der Waals surface area contributed by atoms with Gasteiger partial charge in [-0.1, -0.05) is 0 Å². The smallest absolute Gasteiger partial charge is 0.165 e. The number of hydrogen-bond acceptors (Lipinski definition) is 5. The molecule has 2 heterocycles. The molecule has 0 saturated heterocycles. The Hall–Kier alpha value is -1.76. The van der Waals surface area contributed by atoms with Crippen LogP contribution < -0.4 is 5.32 Å². The van der Waals surface area contributed by atoms with Gasteiger partial charge in [0.2, 0.25) is 0 Å². The van der Waals surface area contributed by atoms with E-state index in [4.69, 9.17) is 0 Å². The van der Waals surface area contributed by atoms with Crippen LogP contribution >= 0.6 is 0 Å². The molecule has 96 valence electrons. The Labute approximate surface area is 105 Å². The Kier molecular flexibility index (Phi) is 3.06. The van der Waals surface area contributed by atoms with E-state index in [1.54, 1.807) is 6.20 Å². The molecule has 1 fully saturated rings. The molecular weight excluding hydrogens is 230 g/mol. The lowest BCUT2D eigenvalue weighted by atomic mass is 10.3. The summed E-state index contributed by atoms with van der Waals surface area (Å²) in [5, 5.41) is 19.4. The highest BCUT2D eigenvalue weighted by molar-refractivity contribution is 4.90. The van der Waals surface area contributed by atoms with Gasteiger partial charge in [0, 0.05) is 18.4 Å². The molecule has 1 N–H and O–H groups in total. The van der Waals surface area contributed by atoms with Crippen molar-refractivity contribution in [3.63, 3.8) is 0 Å². The van der Waals surface area contributed by atoms with Gasteiger partial charge in [-0.3, -0.25) is 4.68 Å². The van der Waals surface area contributed by atoms with Crippen molar-refractivity contribution in [3.8, 4) is 0 Å². The molecule has 7 nitrogen and oxygen atoms in total. The molecule has 2 aromatic rings. The van der Waals surface area contributed by atoms with E-state index in [-0.39, 0.29) is 0 Å². The molecule has 0 aliphatic heterocycles. The number of aromatic nitrogens is 6. The highest BCUT2D eigenvalue weighted by Gasteiger charge is 2.27. The second kappa shape index (κ2) is 4.85. The van der Waals surface area contributed by atoms with Crippen LogP contribution in [0.5, 0.6) is 0 Å². The van der Waals surface area contributed by atoms with Gasteiger partial charge in [-0.15, -0.1) is 5.10 Å². The quantitative estimate of drug-likeness (QED) is 0.799. The van der Waals surface area contributed by atoms with Crippen LogP contribution in [0.2, 0.25) is 0 Å². The molecule has 0 amide bonds. The topological polar surface area (TPSA) is 73.5 Å². The van der Waals surface area contributed by atoms with Crippen LogP contribution in [0.15, 0.2) is 18.5 Å². The molecule has 2 aromatic heterocycles. The van der Waals surface area contributed by atoms with Crippen molar-refractivity contribution in [3.05, 3.63) is 24.3 Å². The van der Waals surface area contributed by atoms with Gasteiger partial charge in [0.1, 0.15) is 0 Å². The predicted molar refractivity (Wildman–Crippen MR) is 64.6 cm³/mol. The van der Waals surface area contributed by atoms with E-state index in [9.17, 15) is 0 Å². The van der Waals surface area contributed by atoms with Crippen LogP contribution in [0.1, 0.15) is 31.6 Å². The van der Waals surface area contributed by atoms with Crippen molar-refractivity contribution in [2.45, 2.75) is 44.9 Å². The summed E-state index contributed by atoms with van der Waals surface area (Å²) in [4.78, 5) is 0. The summed E-state index contributed by atoms with van der Waals surface area (Å²) < 4.78 is 3.86. The van der Waals surface area contributed by atoms with Gasteiger partial charge in [-0.25, -0.2) is 4.68 Å². The second-order valence-corrected chi connectivity index (χ2v) is 4.78. The maximum atomic E-state index is 4.19. The lowest BCUT2D eigenvalue weighted by molar-refractivity contribution is 0.436. The van der Waals surface area contributed by atoms with Crippen LogP contribution in [0.3, 0.4) is 0 Å². The summed E-state index contributed by atoms with van der Waals surface area (Å²) in [6, 6.07) is 2.79. The van der Waals surface area contributed by atoms with E-state index in [0.29, 0.717) is 18.6 Å². The molecule has 3 rings (SSSR count). The summed E-state index contributed by atoms with van der Waals surface area (Å²) in [6.45, 7) is 3.68. The SMILES string of the molecule is C[C@H](Cn1cccn1)NCc1nnnn1C1CC1. The molecule has 1 saturated carbocycles. The minimum atomic E-state index is 0.328. The van der Waals surface area contributed by atoms with Crippen LogP contribution in [-0.2, 0) is 13.1 Å². The number of rotatable bonds is 6. The zero-order valence-corrected chi connectivity index (χ0v) is 10.4. The zero-order chi connectivity index (χ0) is 12.4. The molecule has 1 atom stereocenters. The molecule has 0 unspecified atom stereocenters. The van der Waals surface area contributed by atoms with Crippen molar-refractivity contribution < 1.29 is 0 Å². The van der Waals surface area contributed by atoms with Gasteiger partial charge in [-0.2, -0.15) is 5.10 Å². The summed E-state index contributed by atoms with van der Waals surface area (Å²) in [6.07, 6.45) is 6.15. The van der Waals surface area contributed by atoms with Gasteiger partial charge in [0.05, 0.1) is 19.1 Å². The summed E-state index contributed by atoms with van der Waals surface area (Å²) in [5.41, 5.74) is 0. The lowest BCUT2D eigenvalue weighted by Gasteiger charge is -2.13. The maximum absolute atomic E-state index is 4.19. The Bertz CT molecular complexity index is 485. The fraction of sp³-hybridized carbons (Fsp3) is 0.636. The van der Waals surface area contributed by atoms with Crippen molar-refractivity contribution >= 4 is 0 Å². The first-order valence-corrected chi connectivity index (χ1v) is 6.30. The van der Waals surface area contributed by atoms with E-state index in [1.807, 2.05) is 21.6 Å². The third-order valence-electron chi connectivity index (χ3n) is 3.08. The first kappa shape index (κ1) is 11.3. The third kappa shape index (κ3) is 2.56. The van der Waals surface area contributed by atoms with Crippen LogP contribution in [0.25, 0.3) is 0 Å². The molecule has 1 aliphatic rings. The number of tetrazole rings is 1. The Morgan fingerprint density at radius 3 is 3.11 bits per heavy atom. The van der Waals surface area contributed by atoms with Gasteiger partial charge in [0.25, 0.3) is 0 Å². The largest absolute Gasteiger partial charge is 0.305 e. The lowest BCUT2D eigenvalue weighted by Crippen LogP contribution is -2.31. The van der Waals surface area contributed by atoms with Crippen LogP contribution in [0, 0.1) is 0 Å². The fourth-order valence-corrected chi connectivity index (χ4v) is 1.95. The van der Waals surface area contributed by atoms with Crippen molar-refractivity contribution in [1.29, 1.82) is 0 Å². The highest BCUT2D eigenvalue weighted by atomic mass is 15.6. The van der Waals surface area contributed by atoms with Gasteiger partial charge >= 0.3 is 0 Å². The van der Waals surface area contributed by atoms with Crippen molar-refractivity contribution in [2.75, 3.05) is 0 Å². The normalized spacial score (nSPS) is 16.9. The summed E-state index contributed by atoms with van der Waals surface area (Å²) in [7, 11) is 0. The molecule has 0 radical (unpaired) electrons. The minimum Gasteiger partial charge on any atom is -0.305 e. The Morgan fingerprint density at radius 2 is 2.39 bits per heavy atom. The van der Waals surface area contributed by atoms with Crippen LogP contribution in [-0.4, -0.2) is 36.0 Å². The van der Waals surface area contributed by atoms with Crippen LogP contribution in [0.4, 0.5) is 0 Å². The summed E-state index contributed by atoms with van der Waals surface area (Å²) in [5.74, 6) is 0.921. The maximum Gasteiger partial charge on any atom is 0.165 e.